The standard InChI is InChI=1S/C16H15N3O/c1-18-15-10-6-5-9-13(15)14(11-16(17)19(18)20)12-7-3-2-4-8-12/h2-11H,17H2,1H3. The van der Waals surface area contributed by atoms with Crippen LogP contribution in [0, 0.1) is 5.21 Å². The number of hydrazine groups is 1. The lowest BCUT2D eigenvalue weighted by Crippen LogP contribution is -2.34. The van der Waals surface area contributed by atoms with Crippen molar-refractivity contribution in [2.24, 2.45) is 5.73 Å². The summed E-state index contributed by atoms with van der Waals surface area (Å²) in [6.45, 7) is 0. The number of benzene rings is 2. The Morgan fingerprint density at radius 2 is 1.65 bits per heavy atom. The van der Waals surface area contributed by atoms with Gasteiger partial charge < -0.3 is 5.21 Å². The van der Waals surface area contributed by atoms with Crippen LogP contribution in [0.2, 0.25) is 0 Å². The molecule has 0 saturated carbocycles. The quantitative estimate of drug-likeness (QED) is 0.636. The van der Waals surface area contributed by atoms with Gasteiger partial charge in [-0.1, -0.05) is 48.5 Å². The predicted octanol–water partition coefficient (Wildman–Crippen LogP) is 2.35. The lowest BCUT2D eigenvalue weighted by atomic mass is 9.96. The molecule has 0 fully saturated rings. The molecule has 1 aliphatic rings. The zero-order valence-corrected chi connectivity index (χ0v) is 11.2. The molecule has 0 atom stereocenters. The van der Waals surface area contributed by atoms with E-state index < -0.39 is 0 Å². The molecule has 100 valence electrons. The van der Waals surface area contributed by atoms with Crippen LogP contribution in [-0.4, -0.2) is 17.7 Å². The smallest absolute Gasteiger partial charge is 0.295 e. The van der Waals surface area contributed by atoms with E-state index in [4.69, 9.17) is 5.73 Å². The van der Waals surface area contributed by atoms with Crippen molar-refractivity contribution in [3.63, 3.8) is 0 Å². The highest BCUT2D eigenvalue weighted by atomic mass is 16.5. The van der Waals surface area contributed by atoms with Crippen LogP contribution in [0.4, 0.5) is 5.69 Å². The number of para-hydroxylation sites is 1. The van der Waals surface area contributed by atoms with Crippen molar-refractivity contribution >= 4 is 17.1 Å². The normalized spacial score (nSPS) is 14.7. The van der Waals surface area contributed by atoms with Crippen LogP contribution < -0.4 is 10.7 Å². The minimum absolute atomic E-state index is 0.169. The molecular formula is C16H15N3O. The molecular weight excluding hydrogens is 250 g/mol. The summed E-state index contributed by atoms with van der Waals surface area (Å²) in [6.07, 6.45) is 1.73. The van der Waals surface area contributed by atoms with E-state index in [0.717, 1.165) is 22.4 Å². The predicted molar refractivity (Wildman–Crippen MR) is 81.2 cm³/mol. The van der Waals surface area contributed by atoms with Crippen molar-refractivity contribution in [3.05, 3.63) is 77.0 Å². The summed E-state index contributed by atoms with van der Waals surface area (Å²) in [7, 11) is 1.71. The van der Waals surface area contributed by atoms with Crippen LogP contribution >= 0.6 is 0 Å². The fraction of sp³-hybridized carbons (Fsp3) is 0.0625. The number of hydrogen-bond acceptors (Lipinski definition) is 3. The molecule has 0 saturated heterocycles. The van der Waals surface area contributed by atoms with Gasteiger partial charge in [0.15, 0.2) is 0 Å². The van der Waals surface area contributed by atoms with Gasteiger partial charge in [-0.05, 0) is 17.2 Å². The Balaban J connectivity index is 2.28. The summed E-state index contributed by atoms with van der Waals surface area (Å²) in [6, 6.07) is 17.7. The van der Waals surface area contributed by atoms with E-state index in [1.807, 2.05) is 54.6 Å². The third-order valence-electron chi connectivity index (χ3n) is 3.41. The molecule has 3 rings (SSSR count). The van der Waals surface area contributed by atoms with Crippen molar-refractivity contribution in [1.82, 2.24) is 0 Å². The Labute approximate surface area is 117 Å². The maximum absolute atomic E-state index is 12.1. The number of nitrogens with zero attached hydrogens (tertiary/aromatic N) is 2. The molecule has 4 heteroatoms. The largest absolute Gasteiger partial charge is 0.692 e. The highest BCUT2D eigenvalue weighted by Gasteiger charge is 2.20. The Hall–Kier alpha value is -2.75. The number of hydrazone groups is 1. The van der Waals surface area contributed by atoms with E-state index in [1.54, 1.807) is 13.1 Å². The Morgan fingerprint density at radius 3 is 2.40 bits per heavy atom. The molecule has 2 aromatic rings. The van der Waals surface area contributed by atoms with Gasteiger partial charge in [0, 0.05) is 18.7 Å². The van der Waals surface area contributed by atoms with Crippen molar-refractivity contribution in [3.8, 4) is 0 Å². The zero-order valence-electron chi connectivity index (χ0n) is 11.2. The molecule has 2 N–H and O–H groups in total. The van der Waals surface area contributed by atoms with Gasteiger partial charge in [0.2, 0.25) is 0 Å². The number of hydrogen-bond donors (Lipinski definition) is 1. The molecule has 1 aliphatic heterocycles. The molecule has 0 spiro atoms. The van der Waals surface area contributed by atoms with E-state index in [9.17, 15) is 5.21 Å². The van der Waals surface area contributed by atoms with Crippen LogP contribution in [0.5, 0.6) is 0 Å². The molecule has 4 nitrogen and oxygen atoms in total. The van der Waals surface area contributed by atoms with Crippen molar-refractivity contribution in [1.29, 1.82) is 0 Å². The molecule has 0 aromatic heterocycles. The maximum atomic E-state index is 12.1. The highest BCUT2D eigenvalue weighted by Crippen LogP contribution is 2.32. The number of anilines is 1. The Bertz CT molecular complexity index is 705. The summed E-state index contributed by atoms with van der Waals surface area (Å²) in [5.74, 6) is 0.169. The summed E-state index contributed by atoms with van der Waals surface area (Å²) in [5.41, 5.74) is 9.69. The van der Waals surface area contributed by atoms with E-state index in [0.29, 0.717) is 4.85 Å². The van der Waals surface area contributed by atoms with Crippen LogP contribution in [0.3, 0.4) is 0 Å². The molecule has 20 heavy (non-hydrogen) atoms. The summed E-state index contributed by atoms with van der Waals surface area (Å²) < 4.78 is 0. The van der Waals surface area contributed by atoms with Gasteiger partial charge >= 0.3 is 0 Å². The monoisotopic (exact) mass is 265 g/mol. The third kappa shape index (κ3) is 1.91. The minimum Gasteiger partial charge on any atom is -0.692 e. The second-order valence-electron chi connectivity index (χ2n) is 4.66. The van der Waals surface area contributed by atoms with E-state index in [2.05, 4.69) is 0 Å². The lowest BCUT2D eigenvalue weighted by Gasteiger charge is -2.23. The number of rotatable bonds is 1. The number of nitrogens with two attached hydrogens (primary N) is 1. The van der Waals surface area contributed by atoms with E-state index in [-0.39, 0.29) is 5.84 Å². The first-order chi connectivity index (χ1) is 9.68. The van der Waals surface area contributed by atoms with Crippen molar-refractivity contribution < 1.29 is 4.85 Å². The fourth-order valence-corrected chi connectivity index (χ4v) is 2.39. The number of amidine groups is 1. The van der Waals surface area contributed by atoms with Crippen LogP contribution in [0.25, 0.3) is 5.57 Å². The lowest BCUT2D eigenvalue weighted by molar-refractivity contribution is -0.468. The Morgan fingerprint density at radius 1 is 1.00 bits per heavy atom. The minimum atomic E-state index is 0.169. The fourth-order valence-electron chi connectivity index (χ4n) is 2.39. The average molecular weight is 265 g/mol. The summed E-state index contributed by atoms with van der Waals surface area (Å²) in [5, 5.41) is 13.6. The van der Waals surface area contributed by atoms with Gasteiger partial charge in [0.25, 0.3) is 5.84 Å². The second kappa shape index (κ2) is 4.74. The SMILES string of the molecule is CN1c2ccccc2C(c2ccccc2)=CC(N)=[N+]1[O-]. The molecule has 0 bridgehead atoms. The first-order valence-corrected chi connectivity index (χ1v) is 6.38. The zero-order chi connectivity index (χ0) is 14.1. The van der Waals surface area contributed by atoms with Gasteiger partial charge in [-0.3, -0.25) is 5.73 Å². The third-order valence-corrected chi connectivity index (χ3v) is 3.41. The van der Waals surface area contributed by atoms with Gasteiger partial charge in [-0.2, -0.15) is 4.85 Å². The summed E-state index contributed by atoms with van der Waals surface area (Å²) in [4.78, 5) is 0.703. The van der Waals surface area contributed by atoms with Crippen LogP contribution in [-0.2, 0) is 0 Å². The van der Waals surface area contributed by atoms with Crippen molar-refractivity contribution in [2.75, 3.05) is 12.1 Å². The maximum Gasteiger partial charge on any atom is 0.295 e. The van der Waals surface area contributed by atoms with Gasteiger partial charge in [-0.15, -0.1) is 0 Å². The first kappa shape index (κ1) is 12.3. The molecule has 1 heterocycles. The molecule has 0 radical (unpaired) electrons. The first-order valence-electron chi connectivity index (χ1n) is 6.38. The molecule has 2 aromatic carbocycles. The second-order valence-corrected chi connectivity index (χ2v) is 4.66. The van der Waals surface area contributed by atoms with Gasteiger partial charge in [-0.25, -0.2) is 5.01 Å². The highest BCUT2D eigenvalue weighted by molar-refractivity contribution is 6.02. The van der Waals surface area contributed by atoms with Gasteiger partial charge in [0.05, 0.1) is 5.69 Å². The number of fused-ring (bicyclic) bond motifs is 1. The molecule has 0 unspecified atom stereocenters. The molecule has 0 aliphatic carbocycles. The average Bonchev–Trinajstić information content (AvgIpc) is 2.60. The van der Waals surface area contributed by atoms with E-state index in [1.165, 1.54) is 5.01 Å². The van der Waals surface area contributed by atoms with Gasteiger partial charge in [0.1, 0.15) is 0 Å². The van der Waals surface area contributed by atoms with Crippen molar-refractivity contribution in [2.45, 2.75) is 0 Å². The topological polar surface area (TPSA) is 55.3 Å². The van der Waals surface area contributed by atoms with Crippen LogP contribution in [0.15, 0.2) is 60.7 Å². The summed E-state index contributed by atoms with van der Waals surface area (Å²) >= 11 is 0. The Kier molecular flexibility index (Phi) is 2.91. The van der Waals surface area contributed by atoms with E-state index >= 15 is 0 Å². The van der Waals surface area contributed by atoms with Crippen LogP contribution in [0.1, 0.15) is 11.1 Å². The molecule has 0 amide bonds.